The summed E-state index contributed by atoms with van der Waals surface area (Å²) in [6, 6.07) is 0.143. The van der Waals surface area contributed by atoms with Crippen LogP contribution in [0.1, 0.15) is 37.9 Å². The second-order valence-electron chi connectivity index (χ2n) is 3.83. The van der Waals surface area contributed by atoms with Crippen molar-refractivity contribution in [3.05, 3.63) is 11.1 Å². The van der Waals surface area contributed by atoms with Gasteiger partial charge in [0.25, 0.3) is 0 Å². The fraction of sp³-hybridized carbons (Fsp3) is 0.600. The highest BCUT2D eigenvalue weighted by Crippen LogP contribution is 2.31. The number of hydrogen-bond acceptors (Lipinski definition) is 4. The summed E-state index contributed by atoms with van der Waals surface area (Å²) in [7, 11) is 0. The van der Waals surface area contributed by atoms with Gasteiger partial charge < -0.3 is 10.6 Å². The molecule has 0 saturated carbocycles. The van der Waals surface area contributed by atoms with Crippen LogP contribution in [0.15, 0.2) is 5.38 Å². The van der Waals surface area contributed by atoms with Crippen LogP contribution in [0.5, 0.6) is 0 Å². The van der Waals surface area contributed by atoms with E-state index in [-0.39, 0.29) is 11.9 Å². The zero-order valence-electron chi connectivity index (χ0n) is 8.77. The molecule has 1 atom stereocenters. The predicted octanol–water partition coefficient (Wildman–Crippen LogP) is 1.80. The van der Waals surface area contributed by atoms with Crippen LogP contribution >= 0.6 is 11.3 Å². The van der Waals surface area contributed by atoms with Crippen molar-refractivity contribution in [3.63, 3.8) is 0 Å². The Morgan fingerprint density at radius 2 is 2.47 bits per heavy atom. The van der Waals surface area contributed by atoms with Crippen LogP contribution in [0.25, 0.3) is 0 Å². The number of nitrogens with zero attached hydrogens (tertiary/aromatic N) is 2. The lowest BCUT2D eigenvalue weighted by Crippen LogP contribution is -2.37. The molecule has 1 saturated heterocycles. The monoisotopic (exact) mass is 225 g/mol. The second-order valence-corrected chi connectivity index (χ2v) is 4.72. The molecule has 5 heteroatoms. The molecule has 0 bridgehead atoms. The van der Waals surface area contributed by atoms with Crippen LogP contribution in [0.3, 0.4) is 0 Å². The van der Waals surface area contributed by atoms with Crippen LogP contribution in [-0.4, -0.2) is 22.3 Å². The second kappa shape index (κ2) is 4.18. The van der Waals surface area contributed by atoms with Crippen molar-refractivity contribution in [1.29, 1.82) is 0 Å². The third-order valence-electron chi connectivity index (χ3n) is 2.79. The summed E-state index contributed by atoms with van der Waals surface area (Å²) in [6.07, 6.45) is 3.25. The first-order valence-corrected chi connectivity index (χ1v) is 6.04. The van der Waals surface area contributed by atoms with E-state index in [4.69, 9.17) is 5.73 Å². The van der Waals surface area contributed by atoms with Crippen LogP contribution in [0.2, 0.25) is 0 Å². The Morgan fingerprint density at radius 3 is 3.07 bits per heavy atom. The van der Waals surface area contributed by atoms with Gasteiger partial charge in [-0.05, 0) is 19.3 Å². The minimum atomic E-state index is 0.131. The van der Waals surface area contributed by atoms with E-state index >= 15 is 0 Å². The summed E-state index contributed by atoms with van der Waals surface area (Å²) < 4.78 is 0. The molecule has 0 aliphatic carbocycles. The number of carbonyl (C=O) groups excluding carboxylic acids is 1. The molecular weight excluding hydrogens is 210 g/mol. The third-order valence-corrected chi connectivity index (χ3v) is 3.48. The Labute approximate surface area is 93.1 Å². The van der Waals surface area contributed by atoms with E-state index in [9.17, 15) is 4.79 Å². The lowest BCUT2D eigenvalue weighted by Gasteiger charge is -2.33. The molecule has 1 aliphatic heterocycles. The molecule has 0 unspecified atom stereocenters. The molecule has 1 aromatic heterocycles. The van der Waals surface area contributed by atoms with Crippen molar-refractivity contribution >= 4 is 22.4 Å². The zero-order chi connectivity index (χ0) is 10.8. The van der Waals surface area contributed by atoms with Gasteiger partial charge in [0.1, 0.15) is 0 Å². The minimum absolute atomic E-state index is 0.131. The number of nitrogen functional groups attached to an aromatic ring is 1. The van der Waals surface area contributed by atoms with Gasteiger partial charge in [-0.2, -0.15) is 0 Å². The Morgan fingerprint density at radius 1 is 1.67 bits per heavy atom. The summed E-state index contributed by atoms with van der Waals surface area (Å²) >= 11 is 1.44. The molecule has 2 rings (SSSR count). The molecule has 2 N–H and O–H groups in total. The number of carbonyl (C=O) groups is 1. The van der Waals surface area contributed by atoms with E-state index in [0.29, 0.717) is 5.13 Å². The van der Waals surface area contributed by atoms with E-state index in [0.717, 1.165) is 31.5 Å². The molecule has 82 valence electrons. The molecule has 1 fully saturated rings. The van der Waals surface area contributed by atoms with Crippen molar-refractivity contribution in [1.82, 2.24) is 9.88 Å². The van der Waals surface area contributed by atoms with Crippen molar-refractivity contribution in [2.24, 2.45) is 0 Å². The number of nitrogens with two attached hydrogens (primary N) is 1. The van der Waals surface area contributed by atoms with Gasteiger partial charge in [0.05, 0.1) is 11.7 Å². The van der Waals surface area contributed by atoms with E-state index in [1.807, 2.05) is 10.3 Å². The van der Waals surface area contributed by atoms with E-state index in [1.165, 1.54) is 11.3 Å². The highest BCUT2D eigenvalue weighted by Gasteiger charge is 2.27. The zero-order valence-corrected chi connectivity index (χ0v) is 9.59. The quantitative estimate of drug-likeness (QED) is 0.792. The summed E-state index contributed by atoms with van der Waals surface area (Å²) in [5.41, 5.74) is 6.56. The lowest BCUT2D eigenvalue weighted by molar-refractivity contribution is -0.132. The average Bonchev–Trinajstić information content (AvgIpc) is 2.65. The normalized spacial score (nSPS) is 21.7. The number of likely N-dealkylation sites (tertiary alicyclic amines) is 1. The van der Waals surface area contributed by atoms with Gasteiger partial charge in [-0.15, -0.1) is 11.3 Å². The maximum atomic E-state index is 11.5. The summed E-state index contributed by atoms with van der Waals surface area (Å²) in [5, 5.41) is 2.54. The number of piperidine rings is 1. The van der Waals surface area contributed by atoms with Crippen LogP contribution in [-0.2, 0) is 4.79 Å². The van der Waals surface area contributed by atoms with Gasteiger partial charge in [0, 0.05) is 18.8 Å². The van der Waals surface area contributed by atoms with Crippen molar-refractivity contribution in [3.8, 4) is 0 Å². The third kappa shape index (κ3) is 2.12. The van der Waals surface area contributed by atoms with Gasteiger partial charge in [-0.3, -0.25) is 4.79 Å². The Bertz CT molecular complexity index is 363. The molecule has 1 amide bonds. The summed E-state index contributed by atoms with van der Waals surface area (Å²) in [6.45, 7) is 2.46. The highest BCUT2D eigenvalue weighted by molar-refractivity contribution is 7.13. The topological polar surface area (TPSA) is 59.2 Å². The van der Waals surface area contributed by atoms with E-state index in [1.54, 1.807) is 6.92 Å². The lowest BCUT2D eigenvalue weighted by atomic mass is 10.00. The first-order valence-electron chi connectivity index (χ1n) is 5.16. The number of hydrogen-bond donors (Lipinski definition) is 1. The summed E-state index contributed by atoms with van der Waals surface area (Å²) in [4.78, 5) is 17.6. The first-order chi connectivity index (χ1) is 7.18. The van der Waals surface area contributed by atoms with Crippen molar-refractivity contribution < 1.29 is 4.79 Å². The van der Waals surface area contributed by atoms with Crippen LogP contribution in [0.4, 0.5) is 5.13 Å². The Kier molecular flexibility index (Phi) is 2.90. The fourth-order valence-corrected chi connectivity index (χ4v) is 2.68. The molecular formula is C10H15N3OS. The fourth-order valence-electron chi connectivity index (χ4n) is 2.07. The average molecular weight is 225 g/mol. The maximum absolute atomic E-state index is 11.5. The predicted molar refractivity (Wildman–Crippen MR) is 60.5 cm³/mol. The molecule has 1 aliphatic rings. The SMILES string of the molecule is CC(=O)N1CCCC[C@H]1c1csc(N)n1. The number of amides is 1. The molecule has 0 aromatic carbocycles. The highest BCUT2D eigenvalue weighted by atomic mass is 32.1. The van der Waals surface area contributed by atoms with E-state index in [2.05, 4.69) is 4.98 Å². The molecule has 0 spiro atoms. The van der Waals surface area contributed by atoms with E-state index < -0.39 is 0 Å². The van der Waals surface area contributed by atoms with Crippen LogP contribution in [0, 0.1) is 0 Å². The number of thiazole rings is 1. The molecule has 4 nitrogen and oxygen atoms in total. The maximum Gasteiger partial charge on any atom is 0.220 e. The van der Waals surface area contributed by atoms with Crippen molar-refractivity contribution in [2.45, 2.75) is 32.2 Å². The Balaban J connectivity index is 2.21. The number of rotatable bonds is 1. The summed E-state index contributed by atoms with van der Waals surface area (Å²) in [5.74, 6) is 0.131. The van der Waals surface area contributed by atoms with Gasteiger partial charge in [0.15, 0.2) is 5.13 Å². The smallest absolute Gasteiger partial charge is 0.220 e. The van der Waals surface area contributed by atoms with Gasteiger partial charge in [0.2, 0.25) is 5.91 Å². The minimum Gasteiger partial charge on any atom is -0.375 e. The first kappa shape index (κ1) is 10.4. The molecule has 15 heavy (non-hydrogen) atoms. The Hall–Kier alpha value is -1.10. The number of aromatic nitrogens is 1. The number of anilines is 1. The van der Waals surface area contributed by atoms with Crippen molar-refractivity contribution in [2.75, 3.05) is 12.3 Å². The standard InChI is InChI=1S/C10H15N3OS/c1-7(14)13-5-3-2-4-9(13)8-6-15-10(11)12-8/h6,9H,2-5H2,1H3,(H2,11,12)/t9-/m0/s1. The molecule has 0 radical (unpaired) electrons. The largest absolute Gasteiger partial charge is 0.375 e. The van der Waals surface area contributed by atoms with Gasteiger partial charge >= 0.3 is 0 Å². The van der Waals surface area contributed by atoms with Gasteiger partial charge in [-0.25, -0.2) is 4.98 Å². The molecule has 2 heterocycles. The van der Waals surface area contributed by atoms with Crippen LogP contribution < -0.4 is 5.73 Å². The molecule has 1 aromatic rings. The van der Waals surface area contributed by atoms with Gasteiger partial charge in [-0.1, -0.05) is 0 Å².